The van der Waals surface area contributed by atoms with Crippen molar-refractivity contribution >= 4 is 21.8 Å². The molecular weight excluding hydrogens is 579 g/mol. The number of hydrogen-bond acceptors (Lipinski definition) is 0. The number of nitrogens with zero attached hydrogens (tertiary/aromatic N) is 1. The van der Waals surface area contributed by atoms with Crippen molar-refractivity contribution in [1.29, 1.82) is 0 Å². The van der Waals surface area contributed by atoms with E-state index in [1.807, 2.05) is 0 Å². The molecule has 7 rings (SSSR count). The maximum absolute atomic E-state index is 2.43. The summed E-state index contributed by atoms with van der Waals surface area (Å²) in [6.45, 7) is 20.2. The highest BCUT2D eigenvalue weighted by Gasteiger charge is 2.18. The van der Waals surface area contributed by atoms with E-state index in [0.29, 0.717) is 0 Å². The molecule has 0 fully saturated rings. The fourth-order valence-corrected chi connectivity index (χ4v) is 6.99. The van der Waals surface area contributed by atoms with Crippen molar-refractivity contribution in [3.05, 3.63) is 149 Å². The van der Waals surface area contributed by atoms with Gasteiger partial charge in [0.1, 0.15) is 0 Å². The van der Waals surface area contributed by atoms with Gasteiger partial charge in [-0.3, -0.25) is 0 Å². The molecule has 0 aliphatic heterocycles. The second-order valence-electron chi connectivity index (χ2n) is 15.7. The molecule has 0 saturated heterocycles. The first-order valence-corrected chi connectivity index (χ1v) is 17.3. The molecule has 1 heteroatoms. The number of benzene rings is 6. The molecule has 0 N–H and O–H groups in total. The molecule has 1 nitrogen and oxygen atoms in total. The summed E-state index contributed by atoms with van der Waals surface area (Å²) in [5.41, 5.74) is 18.1. The fraction of sp³-hybridized carbons (Fsp3) is 0.234. The van der Waals surface area contributed by atoms with Crippen molar-refractivity contribution < 1.29 is 0 Å². The highest BCUT2D eigenvalue weighted by Crippen LogP contribution is 2.38. The molecule has 0 saturated carbocycles. The van der Waals surface area contributed by atoms with Crippen molar-refractivity contribution in [2.45, 2.75) is 73.1 Å². The minimum atomic E-state index is 0.129. The number of hydrogen-bond donors (Lipinski definition) is 0. The quantitative estimate of drug-likeness (QED) is 0.183. The van der Waals surface area contributed by atoms with Gasteiger partial charge in [-0.15, -0.1) is 0 Å². The maximum atomic E-state index is 2.43. The topological polar surface area (TPSA) is 4.93 Å². The smallest absolute Gasteiger partial charge is 0.0541 e. The van der Waals surface area contributed by atoms with Gasteiger partial charge < -0.3 is 4.57 Å². The summed E-state index contributed by atoms with van der Waals surface area (Å²) in [6, 6.07) is 45.9. The highest BCUT2D eigenvalue weighted by molar-refractivity contribution is 6.11. The Morgan fingerprint density at radius 1 is 0.375 bits per heavy atom. The molecule has 6 aromatic carbocycles. The summed E-state index contributed by atoms with van der Waals surface area (Å²) in [5.74, 6) is 0. The first-order valence-electron chi connectivity index (χ1n) is 17.3. The van der Waals surface area contributed by atoms with E-state index in [4.69, 9.17) is 0 Å². The van der Waals surface area contributed by atoms with Crippen LogP contribution < -0.4 is 0 Å². The van der Waals surface area contributed by atoms with Gasteiger partial charge in [0.15, 0.2) is 0 Å². The molecule has 1 heterocycles. The normalized spacial score (nSPS) is 12.3. The number of rotatable bonds is 4. The van der Waals surface area contributed by atoms with Crippen molar-refractivity contribution in [2.75, 3.05) is 0 Å². The van der Waals surface area contributed by atoms with Crippen LogP contribution in [-0.2, 0) is 10.8 Å². The van der Waals surface area contributed by atoms with Crippen molar-refractivity contribution in [3.63, 3.8) is 0 Å². The molecule has 1 aromatic heterocycles. The lowest BCUT2D eigenvalue weighted by Crippen LogP contribution is -2.10. The van der Waals surface area contributed by atoms with E-state index in [9.17, 15) is 0 Å². The van der Waals surface area contributed by atoms with E-state index in [0.717, 1.165) is 0 Å². The first-order chi connectivity index (χ1) is 22.8. The van der Waals surface area contributed by atoms with Crippen LogP contribution in [0.5, 0.6) is 0 Å². The Hall–Kier alpha value is -4.88. The second kappa shape index (κ2) is 11.7. The largest absolute Gasteiger partial charge is 0.309 e. The molecule has 0 bridgehead atoms. The van der Waals surface area contributed by atoms with E-state index in [1.54, 1.807) is 0 Å². The van der Waals surface area contributed by atoms with Gasteiger partial charge in [-0.1, -0.05) is 126 Å². The Bertz CT molecular complexity index is 2140. The number of aryl methyl sites for hydroxylation is 2. The first kappa shape index (κ1) is 31.7. The minimum Gasteiger partial charge on any atom is -0.309 e. The predicted octanol–water partition coefficient (Wildman–Crippen LogP) is 13.3. The molecule has 240 valence electrons. The third kappa shape index (κ3) is 5.77. The van der Waals surface area contributed by atoms with Gasteiger partial charge in [0.05, 0.1) is 11.0 Å². The summed E-state index contributed by atoms with van der Waals surface area (Å²) in [5, 5.41) is 2.54. The van der Waals surface area contributed by atoms with Crippen LogP contribution in [0, 0.1) is 20.8 Å². The van der Waals surface area contributed by atoms with Crippen LogP contribution in [0.15, 0.2) is 121 Å². The molecule has 0 aliphatic rings. The average molecular weight is 626 g/mol. The standard InChI is InChI=1S/C47H47N/c1-30-26-38(27-31(2)32(30)3)35-14-22-41(23-15-35)48-44-24-16-36(33-10-18-39(19-11-33)46(4,5)6)28-42(44)43-29-37(17-25-45(43)48)34-12-20-40(21-13-34)47(7,8)9/h10-29H,1-9H3. The third-order valence-electron chi connectivity index (χ3n) is 10.3. The van der Waals surface area contributed by atoms with E-state index in [1.165, 1.54) is 88.7 Å². The predicted molar refractivity (Wildman–Crippen MR) is 209 cm³/mol. The summed E-state index contributed by atoms with van der Waals surface area (Å²) in [4.78, 5) is 0. The Labute approximate surface area is 286 Å². The van der Waals surface area contributed by atoms with Gasteiger partial charge in [-0.25, -0.2) is 0 Å². The Morgan fingerprint density at radius 3 is 1.12 bits per heavy atom. The molecular formula is C47H47N. The van der Waals surface area contributed by atoms with Gasteiger partial charge in [0, 0.05) is 16.5 Å². The Kier molecular flexibility index (Phi) is 7.71. The average Bonchev–Trinajstić information content (AvgIpc) is 3.39. The SMILES string of the molecule is Cc1cc(-c2ccc(-n3c4ccc(-c5ccc(C(C)(C)C)cc5)cc4c4cc(-c5ccc(C(C)(C)C)cc5)ccc43)cc2)cc(C)c1C. The zero-order chi connectivity index (χ0) is 34.0. The van der Waals surface area contributed by atoms with Gasteiger partial charge in [-0.05, 0) is 129 Å². The lowest BCUT2D eigenvalue weighted by molar-refractivity contribution is 0.590. The van der Waals surface area contributed by atoms with Crippen LogP contribution >= 0.6 is 0 Å². The summed E-state index contributed by atoms with van der Waals surface area (Å²) >= 11 is 0. The number of aromatic nitrogens is 1. The lowest BCUT2D eigenvalue weighted by Gasteiger charge is -2.19. The molecule has 48 heavy (non-hydrogen) atoms. The van der Waals surface area contributed by atoms with Crippen LogP contribution in [0.4, 0.5) is 0 Å². The third-order valence-corrected chi connectivity index (χ3v) is 10.3. The van der Waals surface area contributed by atoms with Crippen LogP contribution in [-0.4, -0.2) is 4.57 Å². The fourth-order valence-electron chi connectivity index (χ4n) is 6.99. The molecule has 0 radical (unpaired) electrons. The van der Waals surface area contributed by atoms with E-state index in [-0.39, 0.29) is 10.8 Å². The van der Waals surface area contributed by atoms with Gasteiger partial charge in [-0.2, -0.15) is 0 Å². The van der Waals surface area contributed by atoms with Gasteiger partial charge in [0.2, 0.25) is 0 Å². The van der Waals surface area contributed by atoms with E-state index < -0.39 is 0 Å². The van der Waals surface area contributed by atoms with Crippen LogP contribution in [0.1, 0.15) is 69.4 Å². The van der Waals surface area contributed by atoms with Gasteiger partial charge in [0.25, 0.3) is 0 Å². The minimum absolute atomic E-state index is 0.129. The van der Waals surface area contributed by atoms with Crippen molar-refractivity contribution in [1.82, 2.24) is 4.57 Å². The molecule has 0 aliphatic carbocycles. The van der Waals surface area contributed by atoms with Crippen LogP contribution in [0.2, 0.25) is 0 Å². The monoisotopic (exact) mass is 625 g/mol. The Balaban J connectivity index is 1.38. The molecule has 0 unspecified atom stereocenters. The maximum Gasteiger partial charge on any atom is 0.0541 e. The Morgan fingerprint density at radius 2 is 0.729 bits per heavy atom. The highest BCUT2D eigenvalue weighted by atomic mass is 15.0. The summed E-state index contributed by atoms with van der Waals surface area (Å²) in [6.07, 6.45) is 0. The second-order valence-corrected chi connectivity index (χ2v) is 15.7. The van der Waals surface area contributed by atoms with Crippen LogP contribution in [0.3, 0.4) is 0 Å². The van der Waals surface area contributed by atoms with E-state index in [2.05, 4.69) is 188 Å². The van der Waals surface area contributed by atoms with Crippen LogP contribution in [0.25, 0.3) is 60.9 Å². The summed E-state index contributed by atoms with van der Waals surface area (Å²) < 4.78 is 2.43. The van der Waals surface area contributed by atoms with Crippen molar-refractivity contribution in [2.24, 2.45) is 0 Å². The molecule has 0 spiro atoms. The lowest BCUT2D eigenvalue weighted by atomic mass is 9.86. The summed E-state index contributed by atoms with van der Waals surface area (Å²) in [7, 11) is 0. The van der Waals surface area contributed by atoms with Crippen molar-refractivity contribution in [3.8, 4) is 39.1 Å². The zero-order valence-electron chi connectivity index (χ0n) is 30.0. The molecule has 0 atom stereocenters. The van der Waals surface area contributed by atoms with E-state index >= 15 is 0 Å². The molecule has 7 aromatic rings. The number of fused-ring (bicyclic) bond motifs is 3. The molecule has 0 amide bonds. The zero-order valence-corrected chi connectivity index (χ0v) is 30.0. The van der Waals surface area contributed by atoms with Gasteiger partial charge >= 0.3 is 0 Å².